The average molecular weight is 324 g/mol. The van der Waals surface area contributed by atoms with Crippen molar-refractivity contribution in [1.29, 1.82) is 0 Å². The van der Waals surface area contributed by atoms with Gasteiger partial charge in [-0.15, -0.1) is 0 Å². The zero-order valence-electron chi connectivity index (χ0n) is 13.7. The summed E-state index contributed by atoms with van der Waals surface area (Å²) in [7, 11) is 3.33. The summed E-state index contributed by atoms with van der Waals surface area (Å²) in [5.74, 6) is 0.0765. The van der Waals surface area contributed by atoms with E-state index in [1.54, 1.807) is 31.2 Å². The van der Waals surface area contributed by atoms with Crippen molar-refractivity contribution in [3.05, 3.63) is 60.2 Å². The average Bonchev–Trinajstić information content (AvgIpc) is 2.91. The fraction of sp³-hybridized carbons (Fsp3) is 0.263. The molecule has 1 aliphatic rings. The van der Waals surface area contributed by atoms with Gasteiger partial charge in [0.05, 0.1) is 19.1 Å². The molecule has 2 atom stereocenters. The van der Waals surface area contributed by atoms with Crippen LogP contribution < -0.4 is 10.1 Å². The fourth-order valence-electron chi connectivity index (χ4n) is 3.15. The number of likely N-dealkylation sites (tertiary alicyclic amines) is 1. The molecule has 0 spiro atoms. The molecule has 0 bridgehead atoms. The van der Waals surface area contributed by atoms with Gasteiger partial charge in [-0.2, -0.15) is 0 Å². The normalized spacial score (nSPS) is 20.1. The van der Waals surface area contributed by atoms with Crippen molar-refractivity contribution in [3.63, 3.8) is 0 Å². The number of nitrogens with zero attached hydrogens (tertiary/aromatic N) is 1. The molecule has 3 rings (SSSR count). The molecule has 1 N–H and O–H groups in total. The molecule has 0 unspecified atom stereocenters. The first-order valence-corrected chi connectivity index (χ1v) is 7.85. The van der Waals surface area contributed by atoms with E-state index in [2.05, 4.69) is 5.32 Å². The lowest BCUT2D eigenvalue weighted by Crippen LogP contribution is -2.30. The minimum atomic E-state index is -0.420. The number of hydrogen-bond donors (Lipinski definition) is 1. The predicted octanol–water partition coefficient (Wildman–Crippen LogP) is 2.85. The van der Waals surface area contributed by atoms with Crippen LogP contribution in [0.2, 0.25) is 0 Å². The zero-order valence-corrected chi connectivity index (χ0v) is 13.7. The SMILES string of the molecule is COc1cccc(NC(=O)[C@@H]2CC(=O)N(C)[C@H]2c2ccccc2)c1. The van der Waals surface area contributed by atoms with Crippen molar-refractivity contribution in [2.24, 2.45) is 5.92 Å². The third-order valence-electron chi connectivity index (χ3n) is 4.40. The van der Waals surface area contributed by atoms with Gasteiger partial charge in [-0.05, 0) is 17.7 Å². The largest absolute Gasteiger partial charge is 0.497 e. The second kappa shape index (κ2) is 6.74. The Balaban J connectivity index is 1.83. The molecular formula is C19H20N2O3. The van der Waals surface area contributed by atoms with E-state index in [0.29, 0.717) is 11.4 Å². The van der Waals surface area contributed by atoms with Crippen LogP contribution >= 0.6 is 0 Å². The Labute approximate surface area is 141 Å². The molecule has 24 heavy (non-hydrogen) atoms. The highest BCUT2D eigenvalue weighted by atomic mass is 16.5. The van der Waals surface area contributed by atoms with Gasteiger partial charge in [-0.1, -0.05) is 36.4 Å². The van der Waals surface area contributed by atoms with Gasteiger partial charge in [-0.25, -0.2) is 0 Å². The highest BCUT2D eigenvalue weighted by molar-refractivity contribution is 5.98. The third kappa shape index (κ3) is 3.11. The van der Waals surface area contributed by atoms with Crippen LogP contribution in [0.1, 0.15) is 18.0 Å². The lowest BCUT2D eigenvalue weighted by Gasteiger charge is -2.25. The van der Waals surface area contributed by atoms with E-state index in [1.807, 2.05) is 42.5 Å². The summed E-state index contributed by atoms with van der Waals surface area (Å²) in [5.41, 5.74) is 1.63. The van der Waals surface area contributed by atoms with Gasteiger partial charge in [0.25, 0.3) is 0 Å². The molecule has 1 saturated heterocycles. The summed E-state index contributed by atoms with van der Waals surface area (Å²) in [6.07, 6.45) is 0.214. The molecule has 2 aromatic carbocycles. The van der Waals surface area contributed by atoms with E-state index >= 15 is 0 Å². The lowest BCUT2D eigenvalue weighted by atomic mass is 9.93. The molecule has 1 fully saturated rings. The zero-order chi connectivity index (χ0) is 17.1. The van der Waals surface area contributed by atoms with Crippen molar-refractivity contribution in [2.75, 3.05) is 19.5 Å². The predicted molar refractivity (Wildman–Crippen MR) is 91.7 cm³/mol. The molecule has 2 amide bonds. The van der Waals surface area contributed by atoms with E-state index in [0.717, 1.165) is 5.56 Å². The van der Waals surface area contributed by atoms with Crippen LogP contribution in [0.25, 0.3) is 0 Å². The quantitative estimate of drug-likeness (QED) is 0.941. The molecule has 0 saturated carbocycles. The Morgan fingerprint density at radius 2 is 1.92 bits per heavy atom. The summed E-state index contributed by atoms with van der Waals surface area (Å²) in [4.78, 5) is 26.6. The highest BCUT2D eigenvalue weighted by Gasteiger charge is 2.42. The molecule has 0 aliphatic carbocycles. The molecule has 0 radical (unpaired) electrons. The van der Waals surface area contributed by atoms with Gasteiger partial charge in [0.15, 0.2) is 0 Å². The Kier molecular flexibility index (Phi) is 4.51. The minimum Gasteiger partial charge on any atom is -0.497 e. The Morgan fingerprint density at radius 1 is 1.17 bits per heavy atom. The highest BCUT2D eigenvalue weighted by Crippen LogP contribution is 2.37. The molecule has 124 valence electrons. The van der Waals surface area contributed by atoms with Gasteiger partial charge >= 0.3 is 0 Å². The molecule has 0 aromatic heterocycles. The first kappa shape index (κ1) is 16.1. The summed E-state index contributed by atoms with van der Waals surface area (Å²) < 4.78 is 5.17. The standard InChI is InChI=1S/C19H20N2O3/c1-21-17(22)12-16(18(21)13-7-4-3-5-8-13)19(23)20-14-9-6-10-15(11-14)24-2/h3-11,16,18H,12H2,1-2H3,(H,20,23)/t16-,18+/m1/s1. The number of carbonyl (C=O) groups excluding carboxylic acids is 2. The van der Waals surface area contributed by atoms with Gasteiger partial charge in [0, 0.05) is 25.2 Å². The second-order valence-corrected chi connectivity index (χ2v) is 5.89. The number of hydrogen-bond acceptors (Lipinski definition) is 3. The number of benzene rings is 2. The van der Waals surface area contributed by atoms with Crippen LogP contribution in [-0.4, -0.2) is 30.9 Å². The number of methoxy groups -OCH3 is 1. The van der Waals surface area contributed by atoms with Gasteiger partial charge in [0.1, 0.15) is 5.75 Å². The van der Waals surface area contributed by atoms with Crippen LogP contribution in [0.4, 0.5) is 5.69 Å². The van der Waals surface area contributed by atoms with Crippen molar-refractivity contribution < 1.29 is 14.3 Å². The van der Waals surface area contributed by atoms with Gasteiger partial charge in [0.2, 0.25) is 11.8 Å². The maximum absolute atomic E-state index is 12.8. The number of amides is 2. The van der Waals surface area contributed by atoms with Crippen LogP contribution in [-0.2, 0) is 9.59 Å². The number of anilines is 1. The molecule has 1 aliphatic heterocycles. The number of ether oxygens (including phenoxy) is 1. The van der Waals surface area contributed by atoms with E-state index in [1.165, 1.54) is 0 Å². The number of rotatable bonds is 4. The first-order chi connectivity index (χ1) is 11.6. The van der Waals surface area contributed by atoms with Gasteiger partial charge < -0.3 is 15.0 Å². The Hall–Kier alpha value is -2.82. The summed E-state index contributed by atoms with van der Waals surface area (Å²) in [5, 5.41) is 2.90. The molecule has 2 aromatic rings. The molecular weight excluding hydrogens is 304 g/mol. The van der Waals surface area contributed by atoms with Gasteiger partial charge in [-0.3, -0.25) is 9.59 Å². The smallest absolute Gasteiger partial charge is 0.230 e. The van der Waals surface area contributed by atoms with Crippen LogP contribution in [0.15, 0.2) is 54.6 Å². The first-order valence-electron chi connectivity index (χ1n) is 7.85. The van der Waals surface area contributed by atoms with Crippen LogP contribution in [0.5, 0.6) is 5.75 Å². The summed E-state index contributed by atoms with van der Waals surface area (Å²) >= 11 is 0. The number of carbonyl (C=O) groups is 2. The van der Waals surface area contributed by atoms with Crippen molar-refractivity contribution in [1.82, 2.24) is 4.90 Å². The summed E-state index contributed by atoms with van der Waals surface area (Å²) in [6, 6.07) is 16.6. The maximum Gasteiger partial charge on any atom is 0.230 e. The Morgan fingerprint density at radius 3 is 2.62 bits per heavy atom. The van der Waals surface area contributed by atoms with Crippen molar-refractivity contribution in [2.45, 2.75) is 12.5 Å². The lowest BCUT2D eigenvalue weighted by molar-refractivity contribution is -0.127. The van der Waals surface area contributed by atoms with E-state index in [-0.39, 0.29) is 24.3 Å². The molecule has 5 nitrogen and oxygen atoms in total. The van der Waals surface area contributed by atoms with E-state index < -0.39 is 5.92 Å². The monoisotopic (exact) mass is 324 g/mol. The minimum absolute atomic E-state index is 0.0188. The van der Waals surface area contributed by atoms with E-state index in [9.17, 15) is 9.59 Å². The maximum atomic E-state index is 12.8. The van der Waals surface area contributed by atoms with Crippen LogP contribution in [0.3, 0.4) is 0 Å². The topological polar surface area (TPSA) is 58.6 Å². The number of nitrogens with one attached hydrogen (secondary N) is 1. The summed E-state index contributed by atoms with van der Waals surface area (Å²) in [6.45, 7) is 0. The Bertz CT molecular complexity index is 745. The second-order valence-electron chi connectivity index (χ2n) is 5.89. The van der Waals surface area contributed by atoms with Crippen LogP contribution in [0, 0.1) is 5.92 Å². The third-order valence-corrected chi connectivity index (χ3v) is 4.40. The molecule has 5 heteroatoms. The molecule has 1 heterocycles. The fourth-order valence-corrected chi connectivity index (χ4v) is 3.15. The van der Waals surface area contributed by atoms with Crippen molar-refractivity contribution in [3.8, 4) is 5.75 Å². The van der Waals surface area contributed by atoms with E-state index in [4.69, 9.17) is 4.74 Å². The van der Waals surface area contributed by atoms with Crippen molar-refractivity contribution >= 4 is 17.5 Å².